The van der Waals surface area contributed by atoms with Crippen molar-refractivity contribution in [2.45, 2.75) is 73.0 Å². The molecule has 0 spiro atoms. The van der Waals surface area contributed by atoms with Gasteiger partial charge < -0.3 is 4.74 Å². The Hall–Kier alpha value is -0.0800. The Labute approximate surface area is 109 Å². The quantitative estimate of drug-likeness (QED) is 0.725. The van der Waals surface area contributed by atoms with E-state index >= 15 is 0 Å². The molecule has 0 aliphatic carbocycles. The average Bonchev–Trinajstić information content (AvgIpc) is 2.38. The zero-order valence-electron chi connectivity index (χ0n) is 12.8. The lowest BCUT2D eigenvalue weighted by molar-refractivity contribution is -0.0439. The fourth-order valence-corrected chi connectivity index (χ4v) is 2.06. The van der Waals surface area contributed by atoms with Gasteiger partial charge in [0, 0.05) is 19.1 Å². The van der Waals surface area contributed by atoms with Crippen LogP contribution in [-0.4, -0.2) is 36.7 Å². The van der Waals surface area contributed by atoms with Gasteiger partial charge in [0.05, 0.1) is 12.7 Å². The van der Waals surface area contributed by atoms with Crippen molar-refractivity contribution in [1.82, 2.24) is 4.90 Å². The van der Waals surface area contributed by atoms with Crippen molar-refractivity contribution in [3.63, 3.8) is 0 Å². The summed E-state index contributed by atoms with van der Waals surface area (Å²) in [6, 6.07) is 0.667. The fraction of sp³-hybridized carbons (Fsp3) is 1.00. The Morgan fingerprint density at radius 3 is 2.41 bits per heavy atom. The topological polar surface area (TPSA) is 12.5 Å². The van der Waals surface area contributed by atoms with E-state index < -0.39 is 0 Å². The third kappa shape index (κ3) is 7.05. The van der Waals surface area contributed by atoms with E-state index in [1.807, 2.05) is 13.8 Å². The van der Waals surface area contributed by atoms with Crippen molar-refractivity contribution in [1.29, 1.82) is 0 Å². The minimum atomic E-state index is 0.482. The van der Waals surface area contributed by atoms with Crippen molar-refractivity contribution in [3.8, 4) is 0 Å². The molecule has 0 unspecified atom stereocenters. The molecule has 104 valence electrons. The molecule has 1 aliphatic rings. The minimum absolute atomic E-state index is 0.482. The van der Waals surface area contributed by atoms with Crippen molar-refractivity contribution in [2.24, 2.45) is 5.92 Å². The van der Waals surface area contributed by atoms with Crippen molar-refractivity contribution in [2.75, 3.05) is 19.7 Å². The first-order valence-corrected chi connectivity index (χ1v) is 7.49. The van der Waals surface area contributed by atoms with E-state index in [4.69, 9.17) is 4.74 Å². The zero-order valence-corrected chi connectivity index (χ0v) is 12.8. The molecule has 1 fully saturated rings. The molecule has 17 heavy (non-hydrogen) atoms. The van der Waals surface area contributed by atoms with E-state index in [2.05, 4.69) is 32.6 Å². The zero-order chi connectivity index (χ0) is 13.3. The fourth-order valence-electron chi connectivity index (χ4n) is 2.06. The molecule has 0 aromatic rings. The summed E-state index contributed by atoms with van der Waals surface area (Å²) in [4.78, 5) is 2.53. The van der Waals surface area contributed by atoms with Gasteiger partial charge in [-0.3, -0.25) is 4.90 Å². The van der Waals surface area contributed by atoms with Crippen LogP contribution in [0.1, 0.15) is 60.8 Å². The summed E-state index contributed by atoms with van der Waals surface area (Å²) in [5.74, 6) is 0.850. The van der Waals surface area contributed by atoms with Crippen LogP contribution in [0.15, 0.2) is 0 Å². The normalized spacial score (nSPS) is 23.1. The minimum Gasteiger partial charge on any atom is -0.376 e. The first kappa shape index (κ1) is 16.9. The second-order valence-corrected chi connectivity index (χ2v) is 5.17. The maximum atomic E-state index is 5.81. The van der Waals surface area contributed by atoms with Gasteiger partial charge in [-0.2, -0.15) is 0 Å². The second-order valence-electron chi connectivity index (χ2n) is 5.17. The third-order valence-electron chi connectivity index (χ3n) is 3.58. The molecule has 2 atom stereocenters. The Morgan fingerprint density at radius 2 is 1.88 bits per heavy atom. The smallest absolute Gasteiger partial charge is 0.0702 e. The van der Waals surface area contributed by atoms with Crippen molar-refractivity contribution < 1.29 is 4.74 Å². The number of ether oxygens (including phenoxy) is 1. The Kier molecular flexibility index (Phi) is 9.85. The summed E-state index contributed by atoms with van der Waals surface area (Å²) < 4.78 is 5.81. The molecule has 0 aromatic carbocycles. The molecule has 0 bridgehead atoms. The Balaban J connectivity index is 0.00000121. The molecule has 0 saturated carbocycles. The summed E-state index contributed by atoms with van der Waals surface area (Å²) in [5.41, 5.74) is 0. The SMILES string of the molecule is CC.CC[C@H](C)CC[C@H]1CN(C(C)C)CCO1. The molecule has 2 heteroatoms. The van der Waals surface area contributed by atoms with Gasteiger partial charge in [-0.05, 0) is 32.6 Å². The number of hydrogen-bond donors (Lipinski definition) is 0. The van der Waals surface area contributed by atoms with Crippen LogP contribution in [0, 0.1) is 5.92 Å². The molecular weight excluding hydrogens is 210 g/mol. The maximum absolute atomic E-state index is 5.81. The molecule has 0 aromatic heterocycles. The largest absolute Gasteiger partial charge is 0.376 e. The van der Waals surface area contributed by atoms with E-state index in [0.29, 0.717) is 12.1 Å². The van der Waals surface area contributed by atoms with Gasteiger partial charge in [-0.15, -0.1) is 0 Å². The predicted molar refractivity (Wildman–Crippen MR) is 76.5 cm³/mol. The standard InChI is InChI=1S/C13H27NO.C2H6/c1-5-12(4)6-7-13-10-14(11(2)3)8-9-15-13;1-2/h11-13H,5-10H2,1-4H3;1-2H3/t12-,13-;/m0./s1. The number of nitrogens with zero attached hydrogens (tertiary/aromatic N) is 1. The number of hydrogen-bond acceptors (Lipinski definition) is 2. The van der Waals surface area contributed by atoms with Crippen LogP contribution < -0.4 is 0 Å². The molecule has 0 radical (unpaired) electrons. The van der Waals surface area contributed by atoms with Gasteiger partial charge >= 0.3 is 0 Å². The highest BCUT2D eigenvalue weighted by atomic mass is 16.5. The van der Waals surface area contributed by atoms with E-state index in [9.17, 15) is 0 Å². The Bertz CT molecular complexity index is 170. The monoisotopic (exact) mass is 243 g/mol. The van der Waals surface area contributed by atoms with Gasteiger partial charge in [-0.25, -0.2) is 0 Å². The highest BCUT2D eigenvalue weighted by molar-refractivity contribution is 4.74. The molecule has 1 saturated heterocycles. The highest BCUT2D eigenvalue weighted by Gasteiger charge is 2.22. The lowest BCUT2D eigenvalue weighted by Crippen LogP contribution is -2.45. The van der Waals surface area contributed by atoms with Crippen LogP contribution in [0.2, 0.25) is 0 Å². The third-order valence-corrected chi connectivity index (χ3v) is 3.58. The van der Waals surface area contributed by atoms with Gasteiger partial charge in [0.15, 0.2) is 0 Å². The van der Waals surface area contributed by atoms with E-state index in [1.54, 1.807) is 0 Å². The highest BCUT2D eigenvalue weighted by Crippen LogP contribution is 2.17. The molecule has 1 rings (SSSR count). The molecule has 0 N–H and O–H groups in total. The summed E-state index contributed by atoms with van der Waals surface area (Å²) in [7, 11) is 0. The lowest BCUT2D eigenvalue weighted by atomic mass is 9.99. The van der Waals surface area contributed by atoms with Crippen LogP contribution in [0.4, 0.5) is 0 Å². The summed E-state index contributed by atoms with van der Waals surface area (Å²) in [6.45, 7) is 16.3. The van der Waals surface area contributed by atoms with Crippen LogP contribution >= 0.6 is 0 Å². The van der Waals surface area contributed by atoms with Crippen LogP contribution in [0.3, 0.4) is 0 Å². The maximum Gasteiger partial charge on any atom is 0.0702 e. The van der Waals surface area contributed by atoms with Gasteiger partial charge in [-0.1, -0.05) is 34.1 Å². The average molecular weight is 243 g/mol. The van der Waals surface area contributed by atoms with E-state index in [-0.39, 0.29) is 0 Å². The molecular formula is C15H33NO. The van der Waals surface area contributed by atoms with Gasteiger partial charge in [0.25, 0.3) is 0 Å². The molecule has 1 heterocycles. The van der Waals surface area contributed by atoms with Crippen molar-refractivity contribution >= 4 is 0 Å². The van der Waals surface area contributed by atoms with E-state index in [1.165, 1.54) is 19.3 Å². The van der Waals surface area contributed by atoms with Crippen LogP contribution in [0.25, 0.3) is 0 Å². The summed E-state index contributed by atoms with van der Waals surface area (Å²) >= 11 is 0. The first-order chi connectivity index (χ1) is 8.13. The predicted octanol–water partition coefficient (Wildman–Crippen LogP) is 3.95. The van der Waals surface area contributed by atoms with Gasteiger partial charge in [0.1, 0.15) is 0 Å². The number of rotatable bonds is 5. The van der Waals surface area contributed by atoms with Gasteiger partial charge in [0.2, 0.25) is 0 Å². The molecule has 1 aliphatic heterocycles. The van der Waals surface area contributed by atoms with Crippen LogP contribution in [0.5, 0.6) is 0 Å². The summed E-state index contributed by atoms with van der Waals surface area (Å²) in [6.07, 6.45) is 4.32. The first-order valence-electron chi connectivity index (χ1n) is 7.49. The lowest BCUT2D eigenvalue weighted by Gasteiger charge is -2.35. The Morgan fingerprint density at radius 1 is 1.24 bits per heavy atom. The van der Waals surface area contributed by atoms with Crippen LogP contribution in [-0.2, 0) is 4.74 Å². The number of morpholine rings is 1. The summed E-state index contributed by atoms with van der Waals surface area (Å²) in [5, 5.41) is 0. The molecule has 2 nitrogen and oxygen atoms in total. The van der Waals surface area contributed by atoms with Crippen molar-refractivity contribution in [3.05, 3.63) is 0 Å². The molecule has 0 amide bonds. The second kappa shape index (κ2) is 9.90. The van der Waals surface area contributed by atoms with E-state index in [0.717, 1.165) is 25.6 Å².